The molecule has 2 aliphatic rings. The van der Waals surface area contributed by atoms with E-state index in [1.807, 2.05) is 6.07 Å². The summed E-state index contributed by atoms with van der Waals surface area (Å²) in [6, 6.07) is 8.70. The minimum Gasteiger partial charge on any atom is -0.410 e. The summed E-state index contributed by atoms with van der Waals surface area (Å²) in [5.74, 6) is -0.769. The summed E-state index contributed by atoms with van der Waals surface area (Å²) in [4.78, 5) is 25.1. The summed E-state index contributed by atoms with van der Waals surface area (Å²) in [5.41, 5.74) is 6.78. The largest absolute Gasteiger partial charge is 0.417 e. The average Bonchev–Trinajstić information content (AvgIpc) is 3.19. The van der Waals surface area contributed by atoms with Gasteiger partial charge in [-0.05, 0) is 24.1 Å². The Morgan fingerprint density at radius 1 is 1.19 bits per heavy atom. The van der Waals surface area contributed by atoms with Gasteiger partial charge in [-0.2, -0.15) is 0 Å². The zero-order valence-corrected chi connectivity index (χ0v) is 14.8. The standard InChI is InChI=1S/C18H18N2O5S/c19-15(21)14-12-6-7-18(23-8-9-24-18)10-13(12)26-16(14)20-17(22)25-11-4-2-1-3-5-11/h1-5H,6-10H2,(H2,19,21)(H,20,22). The third-order valence-electron chi connectivity index (χ3n) is 4.51. The first-order chi connectivity index (χ1) is 12.6. The van der Waals surface area contributed by atoms with Gasteiger partial charge < -0.3 is 19.9 Å². The number of fused-ring (bicyclic) bond motifs is 1. The van der Waals surface area contributed by atoms with Crippen molar-refractivity contribution in [2.75, 3.05) is 18.5 Å². The number of nitrogens with one attached hydrogen (secondary N) is 1. The molecule has 26 heavy (non-hydrogen) atoms. The third kappa shape index (κ3) is 3.18. The highest BCUT2D eigenvalue weighted by Gasteiger charge is 2.42. The van der Waals surface area contributed by atoms with Crippen molar-refractivity contribution in [1.82, 2.24) is 0 Å². The molecular formula is C18H18N2O5S. The molecular weight excluding hydrogens is 356 g/mol. The Kier molecular flexibility index (Phi) is 4.39. The highest BCUT2D eigenvalue weighted by molar-refractivity contribution is 7.17. The number of primary amides is 1. The van der Waals surface area contributed by atoms with E-state index in [0.29, 0.717) is 48.8 Å². The molecule has 1 saturated heterocycles. The van der Waals surface area contributed by atoms with Crippen LogP contribution in [0.3, 0.4) is 0 Å². The zero-order valence-electron chi connectivity index (χ0n) is 13.9. The smallest absolute Gasteiger partial charge is 0.410 e. The van der Waals surface area contributed by atoms with Crippen molar-refractivity contribution in [3.8, 4) is 5.75 Å². The molecule has 1 aliphatic carbocycles. The first kappa shape index (κ1) is 17.0. The molecule has 2 heterocycles. The van der Waals surface area contributed by atoms with Crippen LogP contribution in [-0.2, 0) is 22.3 Å². The van der Waals surface area contributed by atoms with Gasteiger partial charge in [0.2, 0.25) is 0 Å². The summed E-state index contributed by atoms with van der Waals surface area (Å²) >= 11 is 1.32. The second-order valence-electron chi connectivity index (χ2n) is 6.18. The van der Waals surface area contributed by atoms with Crippen LogP contribution >= 0.6 is 11.3 Å². The first-order valence-electron chi connectivity index (χ1n) is 8.32. The van der Waals surface area contributed by atoms with E-state index < -0.39 is 17.8 Å². The van der Waals surface area contributed by atoms with Crippen molar-refractivity contribution in [3.05, 3.63) is 46.3 Å². The molecule has 1 spiro atoms. The highest BCUT2D eigenvalue weighted by Crippen LogP contribution is 2.43. The predicted octanol–water partition coefficient (Wildman–Crippen LogP) is 2.69. The lowest BCUT2D eigenvalue weighted by atomic mass is 9.90. The number of para-hydroxylation sites is 1. The van der Waals surface area contributed by atoms with Gasteiger partial charge in [-0.1, -0.05) is 18.2 Å². The molecule has 1 aromatic heterocycles. The number of nitrogens with two attached hydrogens (primary N) is 1. The molecule has 0 saturated carbocycles. The molecule has 0 atom stereocenters. The van der Waals surface area contributed by atoms with Gasteiger partial charge in [0.1, 0.15) is 10.8 Å². The van der Waals surface area contributed by atoms with E-state index in [4.69, 9.17) is 19.9 Å². The van der Waals surface area contributed by atoms with E-state index in [9.17, 15) is 9.59 Å². The van der Waals surface area contributed by atoms with Crippen LogP contribution in [0.15, 0.2) is 30.3 Å². The van der Waals surface area contributed by atoms with Gasteiger partial charge in [0.15, 0.2) is 5.79 Å². The Hall–Kier alpha value is -2.42. The maximum Gasteiger partial charge on any atom is 0.417 e. The van der Waals surface area contributed by atoms with Crippen LogP contribution in [0, 0.1) is 0 Å². The Bertz CT molecular complexity index is 843. The molecule has 1 fully saturated rings. The normalized spacial score (nSPS) is 17.7. The van der Waals surface area contributed by atoms with E-state index in [1.165, 1.54) is 11.3 Å². The Morgan fingerprint density at radius 2 is 1.92 bits per heavy atom. The van der Waals surface area contributed by atoms with Gasteiger partial charge in [-0.3, -0.25) is 10.1 Å². The molecule has 1 aromatic carbocycles. The number of rotatable bonds is 3. The lowest BCUT2D eigenvalue weighted by Gasteiger charge is -2.31. The number of benzene rings is 1. The van der Waals surface area contributed by atoms with Gasteiger partial charge in [0, 0.05) is 17.7 Å². The van der Waals surface area contributed by atoms with Crippen LogP contribution in [0.4, 0.5) is 9.80 Å². The quantitative estimate of drug-likeness (QED) is 0.860. The van der Waals surface area contributed by atoms with Crippen molar-refractivity contribution < 1.29 is 23.8 Å². The minimum atomic E-state index is -0.666. The molecule has 1 aliphatic heterocycles. The van der Waals surface area contributed by atoms with Crippen molar-refractivity contribution in [3.63, 3.8) is 0 Å². The van der Waals surface area contributed by atoms with Crippen LogP contribution in [0.1, 0.15) is 27.2 Å². The number of thiophene rings is 1. The zero-order chi connectivity index (χ0) is 18.1. The molecule has 2 amide bonds. The summed E-state index contributed by atoms with van der Waals surface area (Å²) in [6.45, 7) is 1.13. The van der Waals surface area contributed by atoms with Crippen LogP contribution in [0.25, 0.3) is 0 Å². The molecule has 2 aromatic rings. The fraction of sp³-hybridized carbons (Fsp3) is 0.333. The molecule has 7 nitrogen and oxygen atoms in total. The summed E-state index contributed by atoms with van der Waals surface area (Å²) in [6.07, 6.45) is 1.15. The van der Waals surface area contributed by atoms with E-state index in [2.05, 4.69) is 5.32 Å². The Labute approximate surface area is 154 Å². The lowest BCUT2D eigenvalue weighted by Crippen LogP contribution is -2.36. The SMILES string of the molecule is NC(=O)c1c(NC(=O)Oc2ccccc2)sc2c1CCC1(C2)OCCO1. The van der Waals surface area contributed by atoms with Gasteiger partial charge in [-0.15, -0.1) is 11.3 Å². The van der Waals surface area contributed by atoms with Crippen LogP contribution < -0.4 is 15.8 Å². The Morgan fingerprint density at radius 3 is 2.62 bits per heavy atom. The number of carbonyl (C=O) groups is 2. The lowest BCUT2D eigenvalue weighted by molar-refractivity contribution is -0.163. The van der Waals surface area contributed by atoms with E-state index >= 15 is 0 Å². The highest BCUT2D eigenvalue weighted by atomic mass is 32.1. The summed E-state index contributed by atoms with van der Waals surface area (Å²) < 4.78 is 16.8. The molecule has 0 unspecified atom stereocenters. The van der Waals surface area contributed by atoms with Crippen molar-refractivity contribution in [2.24, 2.45) is 5.73 Å². The number of hydrogen-bond acceptors (Lipinski definition) is 6. The van der Waals surface area contributed by atoms with Gasteiger partial charge in [0.05, 0.1) is 18.8 Å². The van der Waals surface area contributed by atoms with Crippen LogP contribution in [0.5, 0.6) is 5.75 Å². The van der Waals surface area contributed by atoms with Crippen molar-refractivity contribution in [2.45, 2.75) is 25.0 Å². The second kappa shape index (κ2) is 6.71. The van der Waals surface area contributed by atoms with Crippen molar-refractivity contribution in [1.29, 1.82) is 0 Å². The average molecular weight is 374 g/mol. The number of ether oxygens (including phenoxy) is 3. The van der Waals surface area contributed by atoms with E-state index in [0.717, 1.165) is 10.4 Å². The molecule has 4 rings (SSSR count). The fourth-order valence-corrected chi connectivity index (χ4v) is 4.70. The van der Waals surface area contributed by atoms with Gasteiger partial charge in [0.25, 0.3) is 5.91 Å². The van der Waals surface area contributed by atoms with Crippen molar-refractivity contribution >= 4 is 28.3 Å². The van der Waals surface area contributed by atoms with Gasteiger partial charge >= 0.3 is 6.09 Å². The topological polar surface area (TPSA) is 99.9 Å². The Balaban J connectivity index is 1.57. The molecule has 0 radical (unpaired) electrons. The minimum absolute atomic E-state index is 0.350. The van der Waals surface area contributed by atoms with E-state index in [1.54, 1.807) is 24.3 Å². The maximum atomic E-state index is 12.2. The molecule has 3 N–H and O–H groups in total. The predicted molar refractivity (Wildman–Crippen MR) is 95.6 cm³/mol. The molecule has 8 heteroatoms. The number of carbonyl (C=O) groups excluding carboxylic acids is 2. The first-order valence-corrected chi connectivity index (χ1v) is 9.14. The number of anilines is 1. The summed E-state index contributed by atoms with van der Waals surface area (Å²) in [7, 11) is 0. The second-order valence-corrected chi connectivity index (χ2v) is 7.29. The van der Waals surface area contributed by atoms with Crippen LogP contribution in [-0.4, -0.2) is 31.0 Å². The molecule has 0 bridgehead atoms. The maximum absolute atomic E-state index is 12.2. The third-order valence-corrected chi connectivity index (χ3v) is 5.65. The monoisotopic (exact) mass is 374 g/mol. The van der Waals surface area contributed by atoms with Crippen LogP contribution in [0.2, 0.25) is 0 Å². The summed E-state index contributed by atoms with van der Waals surface area (Å²) in [5, 5.41) is 3.05. The number of amides is 2. The fourth-order valence-electron chi connectivity index (χ4n) is 3.37. The number of hydrogen-bond donors (Lipinski definition) is 2. The van der Waals surface area contributed by atoms with Gasteiger partial charge in [-0.25, -0.2) is 4.79 Å². The van der Waals surface area contributed by atoms with E-state index in [-0.39, 0.29) is 0 Å². The molecule has 136 valence electrons.